The number of piperidine rings is 1. The smallest absolute Gasteiger partial charge is 0.245 e. The van der Waals surface area contributed by atoms with Crippen molar-refractivity contribution < 1.29 is 9.59 Å². The number of aromatic nitrogens is 5. The topological polar surface area (TPSA) is 99.5 Å². The molecule has 4 aromatic heterocycles. The summed E-state index contributed by atoms with van der Waals surface area (Å²) in [6, 6.07) is 7.97. The summed E-state index contributed by atoms with van der Waals surface area (Å²) < 4.78 is 1.62. The van der Waals surface area contributed by atoms with E-state index in [-0.39, 0.29) is 17.7 Å². The summed E-state index contributed by atoms with van der Waals surface area (Å²) in [5.74, 6) is -0.193. The monoisotopic (exact) mass is 457 g/mol. The third kappa shape index (κ3) is 4.05. The van der Waals surface area contributed by atoms with Crippen molar-refractivity contribution in [3.05, 3.63) is 61.2 Å². The molecule has 0 aromatic carbocycles. The minimum Gasteiger partial charge on any atom is -0.345 e. The second-order valence-electron chi connectivity index (χ2n) is 8.71. The number of hydrogen-bond acceptors (Lipinski definition) is 5. The first kappa shape index (κ1) is 21.8. The molecule has 1 N–H and O–H groups in total. The number of rotatable bonds is 6. The lowest BCUT2D eigenvalue weighted by atomic mass is 9.96. The molecule has 1 saturated heterocycles. The highest BCUT2D eigenvalue weighted by molar-refractivity contribution is 5.97. The molecule has 0 radical (unpaired) electrons. The predicted molar refractivity (Wildman–Crippen MR) is 129 cm³/mol. The number of hydrogen-bond donors (Lipinski definition) is 1. The molecule has 5 heterocycles. The molecule has 1 aliphatic rings. The van der Waals surface area contributed by atoms with Gasteiger partial charge in [0.05, 0.1) is 17.6 Å². The fraction of sp³-hybridized carbons (Fsp3) is 0.320. The van der Waals surface area contributed by atoms with E-state index in [1.807, 2.05) is 31.4 Å². The van der Waals surface area contributed by atoms with E-state index in [0.717, 1.165) is 46.2 Å². The minimum atomic E-state index is -0.164. The van der Waals surface area contributed by atoms with E-state index < -0.39 is 0 Å². The van der Waals surface area contributed by atoms with Crippen LogP contribution in [0.1, 0.15) is 18.5 Å². The Kier molecular flexibility index (Phi) is 5.83. The molecule has 0 aliphatic carbocycles. The van der Waals surface area contributed by atoms with Crippen molar-refractivity contribution in [3.63, 3.8) is 0 Å². The highest BCUT2D eigenvalue weighted by Gasteiger charge is 2.29. The van der Waals surface area contributed by atoms with E-state index in [4.69, 9.17) is 0 Å². The molecule has 0 bridgehead atoms. The van der Waals surface area contributed by atoms with Gasteiger partial charge in [-0.05, 0) is 48.7 Å². The number of fused-ring (bicyclic) bond motifs is 2. The number of carbonyl (C=O) groups is 2. The van der Waals surface area contributed by atoms with Gasteiger partial charge in [-0.3, -0.25) is 9.59 Å². The van der Waals surface area contributed by atoms with Crippen LogP contribution >= 0.6 is 0 Å². The first-order chi connectivity index (χ1) is 16.5. The molecule has 4 aromatic rings. The fourth-order valence-electron chi connectivity index (χ4n) is 4.71. The average molecular weight is 458 g/mol. The fourth-order valence-corrected chi connectivity index (χ4v) is 4.71. The Morgan fingerprint density at radius 3 is 3.00 bits per heavy atom. The van der Waals surface area contributed by atoms with Gasteiger partial charge >= 0.3 is 0 Å². The van der Waals surface area contributed by atoms with Crippen LogP contribution in [0.25, 0.3) is 27.7 Å². The third-order valence-electron chi connectivity index (χ3n) is 6.53. The van der Waals surface area contributed by atoms with Crippen molar-refractivity contribution in [1.29, 1.82) is 0 Å². The summed E-state index contributed by atoms with van der Waals surface area (Å²) >= 11 is 0. The zero-order valence-corrected chi connectivity index (χ0v) is 19.1. The van der Waals surface area contributed by atoms with Crippen molar-refractivity contribution in [2.75, 3.05) is 26.7 Å². The van der Waals surface area contributed by atoms with Crippen LogP contribution in [-0.4, -0.2) is 73.1 Å². The van der Waals surface area contributed by atoms with Crippen LogP contribution in [0.4, 0.5) is 0 Å². The van der Waals surface area contributed by atoms with Crippen molar-refractivity contribution in [1.82, 2.24) is 34.6 Å². The largest absolute Gasteiger partial charge is 0.345 e. The molecule has 1 unspecified atom stereocenters. The zero-order valence-electron chi connectivity index (χ0n) is 19.1. The molecule has 34 heavy (non-hydrogen) atoms. The van der Waals surface area contributed by atoms with E-state index in [1.165, 1.54) is 6.08 Å². The lowest BCUT2D eigenvalue weighted by Crippen LogP contribution is -2.45. The number of H-pyrrole nitrogens is 1. The average Bonchev–Trinajstić information content (AvgIpc) is 3.50. The molecular formula is C25H27N7O2. The van der Waals surface area contributed by atoms with Gasteiger partial charge in [0.2, 0.25) is 11.8 Å². The Balaban J connectivity index is 1.30. The Morgan fingerprint density at radius 1 is 1.26 bits per heavy atom. The number of pyridine rings is 1. The summed E-state index contributed by atoms with van der Waals surface area (Å²) in [5, 5.41) is 9.62. The van der Waals surface area contributed by atoms with E-state index >= 15 is 0 Å². The Hall–Kier alpha value is -4.01. The molecule has 1 atom stereocenters. The van der Waals surface area contributed by atoms with Gasteiger partial charge in [0, 0.05) is 62.1 Å². The number of amides is 2. The maximum absolute atomic E-state index is 13.0. The summed E-state index contributed by atoms with van der Waals surface area (Å²) in [6.07, 6.45) is 8.94. The van der Waals surface area contributed by atoms with Gasteiger partial charge in [0.15, 0.2) is 0 Å². The molecule has 1 aliphatic heterocycles. The summed E-state index contributed by atoms with van der Waals surface area (Å²) in [5.41, 5.74) is 4.77. The molecule has 9 heteroatoms. The van der Waals surface area contributed by atoms with Gasteiger partial charge in [-0.25, -0.2) is 4.98 Å². The molecular weight excluding hydrogens is 430 g/mol. The van der Waals surface area contributed by atoms with Crippen LogP contribution in [0.15, 0.2) is 55.5 Å². The maximum Gasteiger partial charge on any atom is 0.245 e. The van der Waals surface area contributed by atoms with E-state index in [2.05, 4.69) is 32.8 Å². The molecule has 0 spiro atoms. The second kappa shape index (κ2) is 9.09. The molecule has 174 valence electrons. The van der Waals surface area contributed by atoms with Gasteiger partial charge in [-0.2, -0.15) is 14.8 Å². The van der Waals surface area contributed by atoms with Gasteiger partial charge in [-0.1, -0.05) is 6.58 Å². The highest BCUT2D eigenvalue weighted by atomic mass is 16.2. The molecule has 2 amide bonds. The second-order valence-corrected chi connectivity index (χ2v) is 8.71. The van der Waals surface area contributed by atoms with Crippen LogP contribution in [-0.2, 0) is 16.0 Å². The first-order valence-electron chi connectivity index (χ1n) is 11.5. The van der Waals surface area contributed by atoms with Crippen LogP contribution in [0, 0.1) is 5.92 Å². The number of nitrogens with one attached hydrogen (secondary N) is 1. The quantitative estimate of drug-likeness (QED) is 0.449. The SMILES string of the molecule is C=CC(=O)N1CCCC(C(=O)N(C)CCc2cc3c(-c4cnn5ncccc45)ccnc3[nH]2)C1. The molecule has 9 nitrogen and oxygen atoms in total. The third-order valence-corrected chi connectivity index (χ3v) is 6.53. The number of carbonyl (C=O) groups excluding carboxylic acids is 2. The van der Waals surface area contributed by atoms with E-state index in [0.29, 0.717) is 26.1 Å². The minimum absolute atomic E-state index is 0.0790. The number of nitrogens with zero attached hydrogens (tertiary/aromatic N) is 6. The number of likely N-dealkylation sites (tertiary alicyclic amines) is 1. The summed E-state index contributed by atoms with van der Waals surface area (Å²) in [7, 11) is 1.83. The molecule has 5 rings (SSSR count). The maximum atomic E-state index is 13.0. The zero-order chi connectivity index (χ0) is 23.7. The van der Waals surface area contributed by atoms with Gasteiger partial charge < -0.3 is 14.8 Å². The van der Waals surface area contributed by atoms with Crippen molar-refractivity contribution in [3.8, 4) is 11.1 Å². The van der Waals surface area contributed by atoms with Crippen molar-refractivity contribution in [2.45, 2.75) is 19.3 Å². The van der Waals surface area contributed by atoms with Crippen molar-refractivity contribution in [2.24, 2.45) is 5.92 Å². The predicted octanol–water partition coefficient (Wildman–Crippen LogP) is 2.70. The normalized spacial score (nSPS) is 16.1. The van der Waals surface area contributed by atoms with E-state index in [1.54, 1.807) is 26.8 Å². The Labute approximate surface area is 197 Å². The highest BCUT2D eigenvalue weighted by Crippen LogP contribution is 2.31. The van der Waals surface area contributed by atoms with Crippen LogP contribution in [0.3, 0.4) is 0 Å². The lowest BCUT2D eigenvalue weighted by molar-refractivity contribution is -0.138. The van der Waals surface area contributed by atoms with E-state index in [9.17, 15) is 9.59 Å². The number of aromatic amines is 1. The number of likely N-dealkylation sites (N-methyl/N-ethyl adjacent to an activating group) is 1. The van der Waals surface area contributed by atoms with Gasteiger partial charge in [0.25, 0.3) is 0 Å². The van der Waals surface area contributed by atoms with Crippen LogP contribution in [0.5, 0.6) is 0 Å². The molecule has 1 fully saturated rings. The van der Waals surface area contributed by atoms with Gasteiger partial charge in [0.1, 0.15) is 5.65 Å². The van der Waals surface area contributed by atoms with Crippen molar-refractivity contribution >= 4 is 28.4 Å². The molecule has 0 saturated carbocycles. The standard InChI is InChI=1S/C25H27N7O2/c1-3-23(33)31-12-5-6-17(16-31)25(34)30(2)13-9-18-14-20-19(8-11-26-24(20)29-18)21-15-28-32-22(21)7-4-10-27-32/h3-4,7-8,10-11,14-15,17H,1,5-6,9,12-13,16H2,2H3,(H,26,29). The summed E-state index contributed by atoms with van der Waals surface area (Å²) in [6.45, 7) is 5.28. The lowest BCUT2D eigenvalue weighted by Gasteiger charge is -2.33. The van der Waals surface area contributed by atoms with Gasteiger partial charge in [-0.15, -0.1) is 0 Å². The first-order valence-corrected chi connectivity index (χ1v) is 11.5. The van der Waals surface area contributed by atoms with Crippen LogP contribution in [0.2, 0.25) is 0 Å². The Bertz CT molecular complexity index is 1370. The summed E-state index contributed by atoms with van der Waals surface area (Å²) in [4.78, 5) is 36.3. The Morgan fingerprint density at radius 2 is 2.15 bits per heavy atom. The van der Waals surface area contributed by atoms with Crippen LogP contribution < -0.4 is 0 Å².